The van der Waals surface area contributed by atoms with Gasteiger partial charge in [0.2, 0.25) is 5.91 Å². The number of nitrogens with zero attached hydrogens (tertiary/aromatic N) is 6. The number of hydrogen-bond donors (Lipinski definition) is 1. The topological polar surface area (TPSA) is 78.7 Å². The molecule has 33 heavy (non-hydrogen) atoms. The highest BCUT2D eigenvalue weighted by molar-refractivity contribution is 5.79. The number of benzene rings is 1. The van der Waals surface area contributed by atoms with Gasteiger partial charge >= 0.3 is 6.18 Å². The quantitative estimate of drug-likeness (QED) is 0.608. The summed E-state index contributed by atoms with van der Waals surface area (Å²) < 4.78 is 40.0. The summed E-state index contributed by atoms with van der Waals surface area (Å²) >= 11 is 0. The number of carbonyl (C=O) groups excluding carboxylic acids is 1. The van der Waals surface area contributed by atoms with E-state index in [-0.39, 0.29) is 17.5 Å². The fourth-order valence-corrected chi connectivity index (χ4v) is 3.96. The van der Waals surface area contributed by atoms with Gasteiger partial charge in [-0.25, -0.2) is 0 Å². The van der Waals surface area contributed by atoms with Crippen molar-refractivity contribution in [1.29, 1.82) is 0 Å². The Hall–Kier alpha value is -3.21. The molecule has 0 atom stereocenters. The molecule has 0 aliphatic carbocycles. The molecule has 176 valence electrons. The summed E-state index contributed by atoms with van der Waals surface area (Å²) in [7, 11) is 4.03. The number of rotatable bonds is 6. The highest BCUT2D eigenvalue weighted by Gasteiger charge is 2.38. The van der Waals surface area contributed by atoms with Crippen LogP contribution in [0.25, 0.3) is 5.65 Å². The summed E-state index contributed by atoms with van der Waals surface area (Å²) in [4.78, 5) is 16.6. The van der Waals surface area contributed by atoms with E-state index in [4.69, 9.17) is 0 Å². The van der Waals surface area contributed by atoms with Gasteiger partial charge in [0.15, 0.2) is 5.65 Å². The number of halogens is 3. The predicted molar refractivity (Wildman–Crippen MR) is 116 cm³/mol. The van der Waals surface area contributed by atoms with Crippen molar-refractivity contribution in [2.24, 2.45) is 5.92 Å². The lowest BCUT2D eigenvalue weighted by Gasteiger charge is -2.32. The molecule has 11 heteroatoms. The molecular weight excluding hydrogens is 435 g/mol. The van der Waals surface area contributed by atoms with Gasteiger partial charge in [-0.3, -0.25) is 4.79 Å². The molecule has 3 heterocycles. The van der Waals surface area contributed by atoms with E-state index >= 15 is 0 Å². The number of nitrogens with one attached hydrogen (secondary N) is 1. The van der Waals surface area contributed by atoms with Gasteiger partial charge in [-0.1, -0.05) is 24.3 Å². The fraction of sp³-hybridized carbons (Fsp3) is 0.455. The van der Waals surface area contributed by atoms with Gasteiger partial charge < -0.3 is 15.1 Å². The van der Waals surface area contributed by atoms with Crippen LogP contribution in [0.5, 0.6) is 0 Å². The Labute approximate surface area is 189 Å². The van der Waals surface area contributed by atoms with Gasteiger partial charge in [-0.15, -0.1) is 15.3 Å². The molecule has 4 rings (SSSR count). The molecular formula is C22H26F3N7O. The van der Waals surface area contributed by atoms with Crippen LogP contribution in [0.1, 0.15) is 29.8 Å². The highest BCUT2D eigenvalue weighted by atomic mass is 19.4. The van der Waals surface area contributed by atoms with Crippen molar-refractivity contribution < 1.29 is 18.0 Å². The summed E-state index contributed by atoms with van der Waals surface area (Å²) in [6.45, 7) is 2.38. The van der Waals surface area contributed by atoms with Crippen molar-refractivity contribution in [3.63, 3.8) is 0 Å². The summed E-state index contributed by atoms with van der Waals surface area (Å²) in [6.07, 6.45) is -3.44. The van der Waals surface area contributed by atoms with Crippen LogP contribution in [-0.2, 0) is 24.1 Å². The number of hydrogen-bond acceptors (Lipinski definition) is 6. The lowest BCUT2D eigenvalue weighted by atomic mass is 9.96. The molecule has 0 bridgehead atoms. The third kappa shape index (κ3) is 5.41. The number of aromatic nitrogens is 4. The average Bonchev–Trinajstić information content (AvgIpc) is 3.22. The van der Waals surface area contributed by atoms with Crippen molar-refractivity contribution in [3.05, 3.63) is 53.3 Å². The van der Waals surface area contributed by atoms with Crippen molar-refractivity contribution in [2.45, 2.75) is 32.1 Å². The SMILES string of the molecule is CN(C)Cc1ccc(CNC(=O)C2CCN(c3ccc4nnc(C(F)(F)F)n4n3)CC2)cc1. The van der Waals surface area contributed by atoms with E-state index in [1.54, 1.807) is 6.07 Å². The lowest BCUT2D eigenvalue weighted by molar-refractivity contribution is -0.146. The van der Waals surface area contributed by atoms with Gasteiger partial charge in [0.05, 0.1) is 0 Å². The van der Waals surface area contributed by atoms with Crippen LogP contribution in [0.15, 0.2) is 36.4 Å². The van der Waals surface area contributed by atoms with E-state index in [1.807, 2.05) is 31.1 Å². The predicted octanol–water partition coefficient (Wildman–Crippen LogP) is 2.74. The Morgan fingerprint density at radius 3 is 2.36 bits per heavy atom. The normalized spacial score (nSPS) is 15.4. The molecule has 0 radical (unpaired) electrons. The molecule has 2 aromatic heterocycles. The number of alkyl halides is 3. The molecule has 1 aromatic carbocycles. The maximum atomic E-state index is 13.1. The zero-order valence-electron chi connectivity index (χ0n) is 18.5. The van der Waals surface area contributed by atoms with E-state index in [0.717, 1.165) is 16.6 Å². The van der Waals surface area contributed by atoms with E-state index in [2.05, 4.69) is 37.6 Å². The minimum atomic E-state index is -4.64. The van der Waals surface area contributed by atoms with Crippen LogP contribution in [0.4, 0.5) is 19.0 Å². The molecule has 1 aliphatic heterocycles. The molecule has 1 aliphatic rings. The summed E-state index contributed by atoms with van der Waals surface area (Å²) in [5.74, 6) is -0.889. The third-order valence-electron chi connectivity index (χ3n) is 5.68. The molecule has 3 aromatic rings. The van der Waals surface area contributed by atoms with Gasteiger partial charge in [0.1, 0.15) is 5.82 Å². The van der Waals surface area contributed by atoms with E-state index in [1.165, 1.54) is 11.6 Å². The van der Waals surface area contributed by atoms with Crippen LogP contribution in [0, 0.1) is 5.92 Å². The Morgan fingerprint density at radius 2 is 1.73 bits per heavy atom. The Kier molecular flexibility index (Phi) is 6.50. The number of carbonyl (C=O) groups is 1. The van der Waals surface area contributed by atoms with Crippen LogP contribution < -0.4 is 10.2 Å². The Balaban J connectivity index is 1.31. The molecule has 1 amide bonds. The first-order valence-corrected chi connectivity index (χ1v) is 10.8. The monoisotopic (exact) mass is 461 g/mol. The van der Waals surface area contributed by atoms with Crippen LogP contribution >= 0.6 is 0 Å². The van der Waals surface area contributed by atoms with Gasteiger partial charge in [0.25, 0.3) is 5.82 Å². The Morgan fingerprint density at radius 1 is 1.06 bits per heavy atom. The zero-order valence-corrected chi connectivity index (χ0v) is 18.5. The number of anilines is 1. The van der Waals surface area contributed by atoms with Crippen molar-refractivity contribution in [3.8, 4) is 0 Å². The van der Waals surface area contributed by atoms with E-state index < -0.39 is 12.0 Å². The summed E-state index contributed by atoms with van der Waals surface area (Å²) in [6, 6.07) is 11.2. The molecule has 0 saturated carbocycles. The number of fused-ring (bicyclic) bond motifs is 1. The standard InChI is InChI=1S/C22H26F3N7O/c1-30(2)14-16-5-3-15(4-6-16)13-26-20(33)17-9-11-31(12-10-17)19-8-7-18-27-28-21(22(23,24)25)32(18)29-19/h3-8,17H,9-14H2,1-2H3,(H,26,33). The van der Waals surface area contributed by atoms with Gasteiger partial charge in [-0.05, 0) is 50.2 Å². The van der Waals surface area contributed by atoms with Crippen molar-refractivity contribution >= 4 is 17.4 Å². The summed E-state index contributed by atoms with van der Waals surface area (Å²) in [5, 5.41) is 13.8. The van der Waals surface area contributed by atoms with Gasteiger partial charge in [-0.2, -0.15) is 17.7 Å². The molecule has 8 nitrogen and oxygen atoms in total. The first-order chi connectivity index (χ1) is 15.7. The zero-order chi connectivity index (χ0) is 23.6. The van der Waals surface area contributed by atoms with Crippen LogP contribution in [0.2, 0.25) is 0 Å². The summed E-state index contributed by atoms with van der Waals surface area (Å²) in [5.41, 5.74) is 2.29. The van der Waals surface area contributed by atoms with E-state index in [0.29, 0.717) is 38.3 Å². The van der Waals surface area contributed by atoms with Crippen molar-refractivity contribution in [2.75, 3.05) is 32.1 Å². The Bertz CT molecular complexity index is 1100. The smallest absolute Gasteiger partial charge is 0.355 e. The molecule has 0 spiro atoms. The van der Waals surface area contributed by atoms with E-state index in [9.17, 15) is 18.0 Å². The third-order valence-corrected chi connectivity index (χ3v) is 5.68. The van der Waals surface area contributed by atoms with Crippen LogP contribution in [-0.4, -0.2) is 57.8 Å². The minimum absolute atomic E-state index is 0.00593. The molecule has 1 N–H and O–H groups in total. The largest absolute Gasteiger partial charge is 0.453 e. The number of piperidine rings is 1. The molecule has 1 fully saturated rings. The second-order valence-corrected chi connectivity index (χ2v) is 8.52. The average molecular weight is 461 g/mol. The maximum Gasteiger partial charge on any atom is 0.453 e. The molecule has 1 saturated heterocycles. The van der Waals surface area contributed by atoms with Crippen LogP contribution in [0.3, 0.4) is 0 Å². The fourth-order valence-electron chi connectivity index (χ4n) is 3.96. The van der Waals surface area contributed by atoms with Gasteiger partial charge in [0, 0.05) is 32.1 Å². The number of amides is 1. The lowest BCUT2D eigenvalue weighted by Crippen LogP contribution is -2.40. The van der Waals surface area contributed by atoms with Crippen molar-refractivity contribution in [1.82, 2.24) is 30.0 Å². The first kappa shape index (κ1) is 23.0. The first-order valence-electron chi connectivity index (χ1n) is 10.8. The molecule has 0 unspecified atom stereocenters. The second kappa shape index (κ2) is 9.34. The highest BCUT2D eigenvalue weighted by Crippen LogP contribution is 2.28. The maximum absolute atomic E-state index is 13.1. The minimum Gasteiger partial charge on any atom is -0.355 e. The second-order valence-electron chi connectivity index (χ2n) is 8.52.